The van der Waals surface area contributed by atoms with E-state index in [-0.39, 0.29) is 42.0 Å². The molecule has 5 unspecified atom stereocenters. The van der Waals surface area contributed by atoms with E-state index >= 15 is 4.39 Å². The number of imide groups is 1. The third-order valence-corrected chi connectivity index (χ3v) is 13.1. The fourth-order valence-corrected chi connectivity index (χ4v) is 9.85. The van der Waals surface area contributed by atoms with Gasteiger partial charge in [-0.3, -0.25) is 20.4 Å². The number of hydrogen-bond acceptors (Lipinski definition) is 13. The number of carbonyl (C=O) groups is 2. The highest BCUT2D eigenvalue weighted by Crippen LogP contribution is 2.39. The SMILES string of the molecule is CC.CNc1cc(C2CCN(CC3CC(SC4C=CC(Nc5nc6c(OC(C)C)c(/C(C=N)=C/N)ncn6n5)C(F)C4)C=C[C@H]3C)CC2)ccc1C(=N)N1CCC(=O)NC1=O. The molecular weight excluding hydrogens is 796 g/mol. The largest absolute Gasteiger partial charge is 0.485 e. The molecular formula is C44H61FN12O3S. The number of aromatic nitrogens is 4. The first-order valence-electron chi connectivity index (χ1n) is 21.5. The molecule has 2 aromatic heterocycles. The second kappa shape index (κ2) is 20.5. The quantitative estimate of drug-likeness (QED) is 0.0597. The minimum Gasteiger partial charge on any atom is -0.485 e. The summed E-state index contributed by atoms with van der Waals surface area (Å²) in [5, 5.41) is 30.0. The zero-order valence-electron chi connectivity index (χ0n) is 36.0. The molecule has 4 heterocycles. The van der Waals surface area contributed by atoms with Crippen molar-refractivity contribution < 1.29 is 18.7 Å². The molecule has 2 saturated heterocycles. The van der Waals surface area contributed by atoms with E-state index < -0.39 is 18.2 Å². The van der Waals surface area contributed by atoms with Crippen molar-refractivity contribution in [1.29, 1.82) is 10.8 Å². The van der Waals surface area contributed by atoms with Gasteiger partial charge in [-0.1, -0.05) is 51.1 Å². The summed E-state index contributed by atoms with van der Waals surface area (Å²) in [7, 11) is 1.83. The van der Waals surface area contributed by atoms with Crippen molar-refractivity contribution in [2.75, 3.05) is 43.9 Å². The Kier molecular flexibility index (Phi) is 15.2. The Bertz CT molecular complexity index is 2150. The molecule has 61 heavy (non-hydrogen) atoms. The number of rotatable bonds is 13. The minimum absolute atomic E-state index is 0.0516. The summed E-state index contributed by atoms with van der Waals surface area (Å²) in [5.74, 6) is 1.75. The Morgan fingerprint density at radius 2 is 1.85 bits per heavy atom. The van der Waals surface area contributed by atoms with E-state index in [9.17, 15) is 9.59 Å². The minimum atomic E-state index is -1.13. The molecule has 0 radical (unpaired) electrons. The molecule has 2 fully saturated rings. The molecule has 2 aliphatic heterocycles. The number of amidine groups is 1. The highest BCUT2D eigenvalue weighted by molar-refractivity contribution is 8.00. The molecule has 0 bridgehead atoms. The van der Waals surface area contributed by atoms with Crippen LogP contribution in [0.1, 0.15) is 89.5 Å². The standard InChI is InChI=1S/C42H55FN12O3S.C2H6/c1-24(2)58-38-37(29(20-44)21-45)48-23-55-40(38)51-41(52-55)49-34-10-8-31(19-33(34)43)59-30-7-5-25(3)28(17-30)22-53-14-11-26(12-15-53)27-6-9-32(35(18-27)47-4)39(46)54-16-13-36(56)50-42(54)57;1-2/h5-10,18,20-21,23-26,28,30-31,33-34,44,46-47H,11-17,19,22,45H2,1-4H3,(H,49,52)(H,50,56,57);1-2H3/b29-21+,44-20?,46-39?;/t25-,28?,30?,31?,33?,34?;/m1./s1. The van der Waals surface area contributed by atoms with Gasteiger partial charge in [0, 0.05) is 66.3 Å². The fourth-order valence-electron chi connectivity index (χ4n) is 8.39. The molecule has 2 aliphatic carbocycles. The van der Waals surface area contributed by atoms with Crippen LogP contribution in [0, 0.1) is 22.7 Å². The van der Waals surface area contributed by atoms with Gasteiger partial charge in [-0.2, -0.15) is 9.50 Å². The smallest absolute Gasteiger partial charge is 0.329 e. The lowest BCUT2D eigenvalue weighted by molar-refractivity contribution is -0.121. The molecule has 15 nitrogen and oxygen atoms in total. The van der Waals surface area contributed by atoms with Gasteiger partial charge in [-0.05, 0) is 88.1 Å². The normalized spacial score (nSPS) is 24.9. The summed E-state index contributed by atoms with van der Waals surface area (Å²) >= 11 is 1.84. The summed E-state index contributed by atoms with van der Waals surface area (Å²) < 4.78 is 23.3. The third-order valence-electron chi connectivity index (χ3n) is 11.7. The predicted octanol–water partition coefficient (Wildman–Crippen LogP) is 6.84. The summed E-state index contributed by atoms with van der Waals surface area (Å²) in [5.41, 5.74) is 9.56. The first-order valence-corrected chi connectivity index (χ1v) is 22.4. The second-order valence-corrected chi connectivity index (χ2v) is 17.5. The number of urea groups is 1. The lowest BCUT2D eigenvalue weighted by Gasteiger charge is -2.38. The van der Waals surface area contributed by atoms with E-state index in [0.29, 0.717) is 57.7 Å². The molecule has 17 heteroatoms. The van der Waals surface area contributed by atoms with Crippen molar-refractivity contribution in [3.05, 3.63) is 71.9 Å². The maximum absolute atomic E-state index is 15.8. The number of nitrogens with two attached hydrogens (primary N) is 1. The van der Waals surface area contributed by atoms with Gasteiger partial charge in [-0.25, -0.2) is 14.2 Å². The van der Waals surface area contributed by atoms with E-state index in [1.165, 1.54) is 27.5 Å². The molecule has 1 aromatic carbocycles. The maximum Gasteiger partial charge on any atom is 0.329 e. The fraction of sp³-hybridized carbons (Fsp3) is 0.523. The summed E-state index contributed by atoms with van der Waals surface area (Å²) in [6.07, 6.45) is 14.9. The summed E-state index contributed by atoms with van der Waals surface area (Å²) in [4.78, 5) is 36.9. The van der Waals surface area contributed by atoms with Crippen LogP contribution in [-0.2, 0) is 4.79 Å². The van der Waals surface area contributed by atoms with Crippen LogP contribution in [0.15, 0.2) is 55.0 Å². The number of anilines is 2. The monoisotopic (exact) mass is 856 g/mol. The van der Waals surface area contributed by atoms with E-state index in [4.69, 9.17) is 21.3 Å². The second-order valence-electron chi connectivity index (χ2n) is 16.1. The van der Waals surface area contributed by atoms with Crippen LogP contribution in [-0.4, -0.2) is 115 Å². The number of hydrogen-bond donors (Lipinski definition) is 6. The van der Waals surface area contributed by atoms with E-state index in [0.717, 1.165) is 50.8 Å². The van der Waals surface area contributed by atoms with Gasteiger partial charge in [0.25, 0.3) is 0 Å². The van der Waals surface area contributed by atoms with E-state index in [1.54, 1.807) is 0 Å². The number of benzene rings is 1. The lowest BCUT2D eigenvalue weighted by Crippen LogP contribution is -2.52. The molecule has 0 saturated carbocycles. The van der Waals surface area contributed by atoms with Crippen LogP contribution in [0.2, 0.25) is 0 Å². The first kappa shape index (κ1) is 45.2. The Hall–Kier alpha value is -5.29. The van der Waals surface area contributed by atoms with Crippen LogP contribution < -0.4 is 26.4 Å². The van der Waals surface area contributed by atoms with Crippen molar-refractivity contribution in [3.8, 4) is 5.75 Å². The number of alkyl halides is 1. The van der Waals surface area contributed by atoms with Crippen molar-refractivity contribution in [3.63, 3.8) is 0 Å². The van der Waals surface area contributed by atoms with Gasteiger partial charge < -0.3 is 31.4 Å². The molecule has 0 spiro atoms. The van der Waals surface area contributed by atoms with Gasteiger partial charge in [0.15, 0.2) is 5.75 Å². The average molecular weight is 857 g/mol. The van der Waals surface area contributed by atoms with Crippen molar-refractivity contribution in [1.82, 2.24) is 34.7 Å². The Morgan fingerprint density at radius 3 is 2.52 bits per heavy atom. The Balaban J connectivity index is 0.00000307. The number of thioether (sulfide) groups is 1. The molecule has 7 rings (SSSR count). The van der Waals surface area contributed by atoms with Crippen molar-refractivity contribution in [2.24, 2.45) is 17.6 Å². The number of allylic oxidation sites excluding steroid dienone is 2. The van der Waals surface area contributed by atoms with Gasteiger partial charge in [-0.15, -0.1) is 16.9 Å². The van der Waals surface area contributed by atoms with Crippen LogP contribution >= 0.6 is 11.8 Å². The van der Waals surface area contributed by atoms with Crippen LogP contribution in [0.25, 0.3) is 11.2 Å². The number of nitrogens with zero attached hydrogens (tertiary/aromatic N) is 6. The molecule has 6 atom stereocenters. The molecule has 328 valence electrons. The van der Waals surface area contributed by atoms with E-state index in [1.807, 2.05) is 58.6 Å². The van der Waals surface area contributed by atoms with Crippen molar-refractivity contribution >= 4 is 58.6 Å². The number of nitrogens with one attached hydrogen (secondary N) is 5. The number of amides is 3. The van der Waals surface area contributed by atoms with Crippen LogP contribution in [0.5, 0.6) is 5.75 Å². The molecule has 3 aromatic rings. The molecule has 7 N–H and O–H groups in total. The lowest BCUT2D eigenvalue weighted by atomic mass is 9.83. The number of carbonyl (C=O) groups excluding carboxylic acids is 2. The van der Waals surface area contributed by atoms with Gasteiger partial charge >= 0.3 is 6.03 Å². The Morgan fingerprint density at radius 1 is 1.11 bits per heavy atom. The number of likely N-dealkylation sites (tertiary alicyclic amines) is 1. The predicted molar refractivity (Wildman–Crippen MR) is 243 cm³/mol. The van der Waals surface area contributed by atoms with E-state index in [2.05, 4.69) is 73.2 Å². The number of fused-ring (bicyclic) bond motifs is 1. The topological polar surface area (TPSA) is 203 Å². The zero-order chi connectivity index (χ0) is 43.8. The highest BCUT2D eigenvalue weighted by Gasteiger charge is 2.34. The van der Waals surface area contributed by atoms with Gasteiger partial charge in [0.1, 0.15) is 24.0 Å². The van der Waals surface area contributed by atoms with Crippen LogP contribution in [0.4, 0.5) is 20.8 Å². The maximum atomic E-state index is 15.8. The average Bonchev–Trinajstić information content (AvgIpc) is 3.67. The number of piperidine rings is 1. The van der Waals surface area contributed by atoms with Crippen LogP contribution in [0.3, 0.4) is 0 Å². The first-order chi connectivity index (χ1) is 29.4. The summed E-state index contributed by atoms with van der Waals surface area (Å²) in [6, 6.07) is 4.95. The number of halogens is 1. The van der Waals surface area contributed by atoms with Crippen molar-refractivity contribution in [2.45, 2.75) is 101 Å². The third kappa shape index (κ3) is 10.6. The molecule has 4 aliphatic rings. The highest BCUT2D eigenvalue weighted by atomic mass is 32.2. The van der Waals surface area contributed by atoms with Gasteiger partial charge in [0.05, 0.1) is 12.1 Å². The Labute approximate surface area is 362 Å². The van der Waals surface area contributed by atoms with Gasteiger partial charge in [0.2, 0.25) is 17.5 Å². The summed E-state index contributed by atoms with van der Waals surface area (Å²) in [6.45, 7) is 13.3. The molecule has 3 amide bonds. The number of ether oxygens (including phenoxy) is 1. The zero-order valence-corrected chi connectivity index (χ0v) is 36.8.